The SMILES string of the molecule is Cc1ccc2nc(CNC(=O)NC(CCC(=O)O)Cc3ccccc3)[nH]c2c1. The number of nitrogens with one attached hydrogen (secondary N) is 3. The van der Waals surface area contributed by atoms with Gasteiger partial charge in [-0.15, -0.1) is 0 Å². The molecule has 0 aliphatic heterocycles. The topological polar surface area (TPSA) is 107 Å². The summed E-state index contributed by atoms with van der Waals surface area (Å²) in [7, 11) is 0. The van der Waals surface area contributed by atoms with Crippen LogP contribution < -0.4 is 10.6 Å². The van der Waals surface area contributed by atoms with Crippen molar-refractivity contribution in [2.45, 2.75) is 38.8 Å². The molecule has 146 valence electrons. The smallest absolute Gasteiger partial charge is 0.315 e. The van der Waals surface area contributed by atoms with Crippen LogP contribution in [0.15, 0.2) is 48.5 Å². The fourth-order valence-electron chi connectivity index (χ4n) is 3.08. The molecule has 7 heteroatoms. The fraction of sp³-hybridized carbons (Fsp3) is 0.286. The van der Waals surface area contributed by atoms with Gasteiger partial charge in [-0.25, -0.2) is 9.78 Å². The third-order valence-corrected chi connectivity index (χ3v) is 4.47. The number of hydrogen-bond donors (Lipinski definition) is 4. The van der Waals surface area contributed by atoms with Crippen LogP contribution in [0.1, 0.15) is 29.8 Å². The Morgan fingerprint density at radius 3 is 2.71 bits per heavy atom. The molecule has 1 atom stereocenters. The van der Waals surface area contributed by atoms with Crippen molar-refractivity contribution in [2.24, 2.45) is 0 Å². The molecule has 0 saturated carbocycles. The Morgan fingerprint density at radius 1 is 1.18 bits per heavy atom. The van der Waals surface area contributed by atoms with E-state index in [2.05, 4.69) is 20.6 Å². The highest BCUT2D eigenvalue weighted by Gasteiger charge is 2.15. The summed E-state index contributed by atoms with van der Waals surface area (Å²) in [5.74, 6) is -0.210. The fourth-order valence-corrected chi connectivity index (χ4v) is 3.08. The van der Waals surface area contributed by atoms with Crippen molar-refractivity contribution < 1.29 is 14.7 Å². The normalized spacial score (nSPS) is 11.9. The lowest BCUT2D eigenvalue weighted by Gasteiger charge is -2.18. The predicted octanol–water partition coefficient (Wildman–Crippen LogP) is 3.15. The Balaban J connectivity index is 1.57. The molecule has 0 fully saturated rings. The standard InChI is InChI=1S/C21H24N4O3/c1-14-7-9-17-18(11-14)25-19(24-17)13-22-21(28)23-16(8-10-20(26)27)12-15-5-3-2-4-6-15/h2-7,9,11,16H,8,10,12-13H2,1H3,(H,24,25)(H,26,27)(H2,22,23,28). The summed E-state index contributed by atoms with van der Waals surface area (Å²) in [5, 5.41) is 14.6. The lowest BCUT2D eigenvalue weighted by Crippen LogP contribution is -2.43. The molecular formula is C21H24N4O3. The van der Waals surface area contributed by atoms with E-state index < -0.39 is 5.97 Å². The van der Waals surface area contributed by atoms with Gasteiger partial charge in [0.2, 0.25) is 0 Å². The van der Waals surface area contributed by atoms with Gasteiger partial charge in [-0.3, -0.25) is 4.79 Å². The number of aryl methyl sites for hydroxylation is 1. The number of benzene rings is 2. The van der Waals surface area contributed by atoms with Crippen LogP contribution in [0.5, 0.6) is 0 Å². The molecule has 3 aromatic rings. The highest BCUT2D eigenvalue weighted by Crippen LogP contribution is 2.13. The molecule has 0 radical (unpaired) electrons. The van der Waals surface area contributed by atoms with Crippen molar-refractivity contribution >= 4 is 23.0 Å². The van der Waals surface area contributed by atoms with E-state index in [-0.39, 0.29) is 25.0 Å². The molecule has 0 aliphatic carbocycles. The van der Waals surface area contributed by atoms with Gasteiger partial charge in [-0.1, -0.05) is 36.4 Å². The van der Waals surface area contributed by atoms with Crippen molar-refractivity contribution in [1.82, 2.24) is 20.6 Å². The minimum atomic E-state index is -0.877. The number of carboxylic acid groups (broad SMARTS) is 1. The van der Waals surface area contributed by atoms with Gasteiger partial charge in [0, 0.05) is 12.5 Å². The number of carbonyl (C=O) groups excluding carboxylic acids is 1. The van der Waals surface area contributed by atoms with Gasteiger partial charge in [-0.2, -0.15) is 0 Å². The zero-order valence-corrected chi connectivity index (χ0v) is 15.7. The van der Waals surface area contributed by atoms with Gasteiger partial charge in [-0.05, 0) is 43.0 Å². The Labute approximate surface area is 163 Å². The number of aliphatic carboxylic acids is 1. The van der Waals surface area contributed by atoms with E-state index in [1.54, 1.807) is 0 Å². The molecule has 1 aromatic heterocycles. The largest absolute Gasteiger partial charge is 0.481 e. The molecule has 28 heavy (non-hydrogen) atoms. The Hall–Kier alpha value is -3.35. The zero-order chi connectivity index (χ0) is 19.9. The van der Waals surface area contributed by atoms with Gasteiger partial charge in [0.1, 0.15) is 5.82 Å². The summed E-state index contributed by atoms with van der Waals surface area (Å²) >= 11 is 0. The first-order valence-electron chi connectivity index (χ1n) is 9.25. The number of H-pyrrole nitrogens is 1. The van der Waals surface area contributed by atoms with E-state index in [1.165, 1.54) is 0 Å². The first kappa shape index (κ1) is 19.4. The first-order valence-corrected chi connectivity index (χ1v) is 9.25. The van der Waals surface area contributed by atoms with E-state index in [0.717, 1.165) is 22.2 Å². The predicted molar refractivity (Wildman–Crippen MR) is 107 cm³/mol. The summed E-state index contributed by atoms with van der Waals surface area (Å²) in [4.78, 5) is 30.9. The summed E-state index contributed by atoms with van der Waals surface area (Å²) in [5.41, 5.74) is 3.97. The van der Waals surface area contributed by atoms with Crippen LogP contribution >= 0.6 is 0 Å². The van der Waals surface area contributed by atoms with Gasteiger partial charge in [0.15, 0.2) is 0 Å². The minimum Gasteiger partial charge on any atom is -0.481 e. The van der Waals surface area contributed by atoms with Gasteiger partial charge < -0.3 is 20.7 Å². The number of nitrogens with zero attached hydrogens (tertiary/aromatic N) is 1. The molecule has 0 saturated heterocycles. The summed E-state index contributed by atoms with van der Waals surface area (Å²) < 4.78 is 0. The number of hydrogen-bond acceptors (Lipinski definition) is 3. The van der Waals surface area contributed by atoms with E-state index in [1.807, 2.05) is 55.5 Å². The average molecular weight is 380 g/mol. The molecule has 1 heterocycles. The highest BCUT2D eigenvalue weighted by atomic mass is 16.4. The third-order valence-electron chi connectivity index (χ3n) is 4.47. The zero-order valence-electron chi connectivity index (χ0n) is 15.7. The maximum Gasteiger partial charge on any atom is 0.315 e. The molecule has 0 bridgehead atoms. The van der Waals surface area contributed by atoms with Crippen molar-refractivity contribution in [1.29, 1.82) is 0 Å². The molecule has 0 aliphatic rings. The summed E-state index contributed by atoms with van der Waals surface area (Å²) in [6.07, 6.45) is 0.938. The van der Waals surface area contributed by atoms with E-state index in [9.17, 15) is 9.59 Å². The van der Waals surface area contributed by atoms with Crippen LogP contribution in [-0.4, -0.2) is 33.1 Å². The van der Waals surface area contributed by atoms with E-state index in [0.29, 0.717) is 18.7 Å². The first-order chi connectivity index (χ1) is 13.5. The number of carbonyl (C=O) groups is 2. The molecule has 7 nitrogen and oxygen atoms in total. The molecule has 0 spiro atoms. The van der Waals surface area contributed by atoms with Crippen LogP contribution in [0.4, 0.5) is 4.79 Å². The van der Waals surface area contributed by atoms with Crippen molar-refractivity contribution in [3.05, 3.63) is 65.5 Å². The monoisotopic (exact) mass is 380 g/mol. The van der Waals surface area contributed by atoms with Crippen LogP contribution in [0, 0.1) is 6.92 Å². The second kappa shape index (κ2) is 9.03. The number of amides is 2. The molecule has 3 rings (SSSR count). The summed E-state index contributed by atoms with van der Waals surface area (Å²) in [6, 6.07) is 15.0. The lowest BCUT2D eigenvalue weighted by molar-refractivity contribution is -0.137. The van der Waals surface area contributed by atoms with Crippen molar-refractivity contribution in [2.75, 3.05) is 0 Å². The number of aromatic amines is 1. The average Bonchev–Trinajstić information content (AvgIpc) is 3.07. The second-order valence-electron chi connectivity index (χ2n) is 6.85. The van der Waals surface area contributed by atoms with Crippen LogP contribution in [0.2, 0.25) is 0 Å². The number of carboxylic acids is 1. The maximum atomic E-state index is 12.3. The molecule has 4 N–H and O–H groups in total. The van der Waals surface area contributed by atoms with E-state index >= 15 is 0 Å². The van der Waals surface area contributed by atoms with Gasteiger partial charge in [0.05, 0.1) is 17.6 Å². The van der Waals surface area contributed by atoms with Crippen molar-refractivity contribution in [3.63, 3.8) is 0 Å². The number of aromatic nitrogens is 2. The van der Waals surface area contributed by atoms with Crippen LogP contribution in [0.3, 0.4) is 0 Å². The van der Waals surface area contributed by atoms with Crippen LogP contribution in [-0.2, 0) is 17.8 Å². The number of fused-ring (bicyclic) bond motifs is 1. The van der Waals surface area contributed by atoms with Crippen LogP contribution in [0.25, 0.3) is 11.0 Å². The minimum absolute atomic E-state index is 0.000699. The number of rotatable bonds is 8. The van der Waals surface area contributed by atoms with Crippen molar-refractivity contribution in [3.8, 4) is 0 Å². The highest BCUT2D eigenvalue weighted by molar-refractivity contribution is 5.76. The third kappa shape index (κ3) is 5.57. The summed E-state index contributed by atoms with van der Waals surface area (Å²) in [6.45, 7) is 2.27. The van der Waals surface area contributed by atoms with Gasteiger partial charge >= 0.3 is 12.0 Å². The molecular weight excluding hydrogens is 356 g/mol. The second-order valence-corrected chi connectivity index (χ2v) is 6.85. The van der Waals surface area contributed by atoms with Gasteiger partial charge in [0.25, 0.3) is 0 Å². The molecule has 2 aromatic carbocycles. The maximum absolute atomic E-state index is 12.3. The molecule has 1 unspecified atom stereocenters. The Morgan fingerprint density at radius 2 is 1.96 bits per heavy atom. The quantitative estimate of drug-likeness (QED) is 0.481. The number of imidazole rings is 1. The lowest BCUT2D eigenvalue weighted by atomic mass is 10.0. The Bertz CT molecular complexity index is 953. The molecule has 2 amide bonds. The number of urea groups is 1. The Kier molecular flexibility index (Phi) is 6.26. The van der Waals surface area contributed by atoms with E-state index in [4.69, 9.17) is 5.11 Å².